The lowest BCUT2D eigenvalue weighted by Crippen LogP contribution is -2.26. The summed E-state index contributed by atoms with van der Waals surface area (Å²) < 4.78 is 2.09. The molecule has 1 aliphatic rings. The number of hydrogen-bond donors (Lipinski definition) is 1. The quantitative estimate of drug-likeness (QED) is 0.756. The van der Waals surface area contributed by atoms with Gasteiger partial charge in [-0.1, -0.05) is 12.1 Å². The number of aryl methyl sites for hydroxylation is 4. The molecule has 27 heavy (non-hydrogen) atoms. The minimum atomic E-state index is 0.00570. The summed E-state index contributed by atoms with van der Waals surface area (Å²) in [4.78, 5) is 26.1. The van der Waals surface area contributed by atoms with Gasteiger partial charge in [-0.25, -0.2) is 15.0 Å². The van der Waals surface area contributed by atoms with Crippen LogP contribution in [0.3, 0.4) is 0 Å². The highest BCUT2D eigenvalue weighted by Gasteiger charge is 2.16. The van der Waals surface area contributed by atoms with Gasteiger partial charge in [0.1, 0.15) is 11.6 Å². The molecule has 6 heteroatoms. The SMILES string of the molecule is Cc1nc(CNC(=O)CCn2c(C)nc3ccccc32)nc2c1CCCC2. The van der Waals surface area contributed by atoms with Crippen molar-refractivity contribution in [1.29, 1.82) is 0 Å². The van der Waals surface area contributed by atoms with Gasteiger partial charge in [-0.05, 0) is 57.2 Å². The molecule has 0 aliphatic heterocycles. The van der Waals surface area contributed by atoms with Gasteiger partial charge in [0.2, 0.25) is 5.91 Å². The van der Waals surface area contributed by atoms with E-state index < -0.39 is 0 Å². The van der Waals surface area contributed by atoms with Crippen molar-refractivity contribution >= 4 is 16.9 Å². The summed E-state index contributed by atoms with van der Waals surface area (Å²) in [6.07, 6.45) is 4.91. The highest BCUT2D eigenvalue weighted by molar-refractivity contribution is 5.77. The van der Waals surface area contributed by atoms with Gasteiger partial charge in [0.05, 0.1) is 17.6 Å². The van der Waals surface area contributed by atoms with Crippen LogP contribution in [-0.4, -0.2) is 25.4 Å². The van der Waals surface area contributed by atoms with Crippen molar-refractivity contribution in [2.75, 3.05) is 0 Å². The third kappa shape index (κ3) is 3.70. The Labute approximate surface area is 159 Å². The molecule has 0 atom stereocenters. The fraction of sp³-hybridized carbons (Fsp3) is 0.429. The van der Waals surface area contributed by atoms with Crippen LogP contribution in [0.15, 0.2) is 24.3 Å². The number of para-hydroxylation sites is 2. The number of nitrogens with zero attached hydrogens (tertiary/aromatic N) is 4. The van der Waals surface area contributed by atoms with Gasteiger partial charge >= 0.3 is 0 Å². The number of carbonyl (C=O) groups excluding carboxylic acids is 1. The monoisotopic (exact) mass is 363 g/mol. The summed E-state index contributed by atoms with van der Waals surface area (Å²) in [5.74, 6) is 1.65. The van der Waals surface area contributed by atoms with Crippen molar-refractivity contribution in [3.63, 3.8) is 0 Å². The van der Waals surface area contributed by atoms with Crippen LogP contribution in [0.1, 0.15) is 47.9 Å². The first-order valence-electron chi connectivity index (χ1n) is 9.65. The lowest BCUT2D eigenvalue weighted by Gasteiger charge is -2.17. The molecule has 1 amide bonds. The van der Waals surface area contributed by atoms with Crippen molar-refractivity contribution in [3.05, 3.63) is 52.9 Å². The van der Waals surface area contributed by atoms with Crippen LogP contribution in [-0.2, 0) is 30.7 Å². The Kier molecular flexibility index (Phi) is 4.88. The van der Waals surface area contributed by atoms with Crippen LogP contribution in [0.5, 0.6) is 0 Å². The van der Waals surface area contributed by atoms with Gasteiger partial charge in [0.25, 0.3) is 0 Å². The lowest BCUT2D eigenvalue weighted by molar-refractivity contribution is -0.121. The van der Waals surface area contributed by atoms with Crippen LogP contribution in [0, 0.1) is 13.8 Å². The normalized spacial score (nSPS) is 13.6. The minimum absolute atomic E-state index is 0.00570. The zero-order chi connectivity index (χ0) is 18.8. The molecule has 0 saturated heterocycles. The molecule has 0 radical (unpaired) electrons. The number of amides is 1. The number of carbonyl (C=O) groups is 1. The maximum atomic E-state index is 12.3. The van der Waals surface area contributed by atoms with Gasteiger partial charge in [-0.2, -0.15) is 0 Å². The average molecular weight is 363 g/mol. The van der Waals surface area contributed by atoms with Crippen molar-refractivity contribution in [3.8, 4) is 0 Å². The zero-order valence-electron chi connectivity index (χ0n) is 16.0. The highest BCUT2D eigenvalue weighted by atomic mass is 16.1. The molecule has 3 aromatic rings. The summed E-state index contributed by atoms with van der Waals surface area (Å²) in [6.45, 7) is 5.02. The molecule has 0 bridgehead atoms. The highest BCUT2D eigenvalue weighted by Crippen LogP contribution is 2.21. The molecule has 1 aromatic carbocycles. The summed E-state index contributed by atoms with van der Waals surface area (Å²) in [5.41, 5.74) is 5.56. The van der Waals surface area contributed by atoms with Gasteiger partial charge < -0.3 is 9.88 Å². The van der Waals surface area contributed by atoms with Gasteiger partial charge in [-0.3, -0.25) is 4.79 Å². The topological polar surface area (TPSA) is 72.7 Å². The maximum Gasteiger partial charge on any atom is 0.222 e. The molecule has 1 N–H and O–H groups in total. The van der Waals surface area contributed by atoms with E-state index in [1.165, 1.54) is 24.1 Å². The number of hydrogen-bond acceptors (Lipinski definition) is 4. The first kappa shape index (κ1) is 17.6. The molecule has 1 aliphatic carbocycles. The van der Waals surface area contributed by atoms with E-state index in [4.69, 9.17) is 0 Å². The van der Waals surface area contributed by atoms with Crippen molar-refractivity contribution in [2.45, 2.75) is 59.0 Å². The number of fused-ring (bicyclic) bond motifs is 2. The van der Waals surface area contributed by atoms with E-state index >= 15 is 0 Å². The van der Waals surface area contributed by atoms with Crippen molar-refractivity contribution in [2.24, 2.45) is 0 Å². The zero-order valence-corrected chi connectivity index (χ0v) is 16.0. The Bertz CT molecular complexity index is 992. The van der Waals surface area contributed by atoms with Gasteiger partial charge in [0, 0.05) is 24.4 Å². The lowest BCUT2D eigenvalue weighted by atomic mass is 9.95. The van der Waals surface area contributed by atoms with E-state index in [-0.39, 0.29) is 5.91 Å². The Morgan fingerprint density at radius 2 is 1.93 bits per heavy atom. The second-order valence-corrected chi connectivity index (χ2v) is 7.18. The predicted octanol–water partition coefficient (Wildman–Crippen LogP) is 3.03. The maximum absolute atomic E-state index is 12.3. The Hall–Kier alpha value is -2.76. The summed E-state index contributed by atoms with van der Waals surface area (Å²) in [6, 6.07) is 8.01. The van der Waals surface area contributed by atoms with E-state index in [0.29, 0.717) is 25.3 Å². The third-order valence-corrected chi connectivity index (χ3v) is 5.29. The van der Waals surface area contributed by atoms with Crippen LogP contribution in [0.2, 0.25) is 0 Å². The second kappa shape index (κ2) is 7.47. The fourth-order valence-corrected chi connectivity index (χ4v) is 3.88. The first-order chi connectivity index (χ1) is 13.1. The van der Waals surface area contributed by atoms with Crippen LogP contribution < -0.4 is 5.32 Å². The number of imidazole rings is 1. The number of rotatable bonds is 5. The van der Waals surface area contributed by atoms with Crippen LogP contribution in [0.25, 0.3) is 11.0 Å². The van der Waals surface area contributed by atoms with Crippen LogP contribution in [0.4, 0.5) is 0 Å². The first-order valence-corrected chi connectivity index (χ1v) is 9.65. The molecule has 6 nitrogen and oxygen atoms in total. The van der Waals surface area contributed by atoms with Gasteiger partial charge in [0.15, 0.2) is 0 Å². The smallest absolute Gasteiger partial charge is 0.222 e. The third-order valence-electron chi connectivity index (χ3n) is 5.29. The molecule has 2 aromatic heterocycles. The number of benzene rings is 1. The standard InChI is InChI=1S/C21H25N5O/c1-14-16-7-3-4-8-17(16)25-20(23-14)13-22-21(27)11-12-26-15(2)24-18-9-5-6-10-19(18)26/h5-6,9-10H,3-4,7-8,11-13H2,1-2H3,(H,22,27). The molecule has 0 spiro atoms. The average Bonchev–Trinajstić information content (AvgIpc) is 3.00. The predicted molar refractivity (Wildman–Crippen MR) is 104 cm³/mol. The Morgan fingerprint density at radius 3 is 2.81 bits per heavy atom. The summed E-state index contributed by atoms with van der Waals surface area (Å²) in [5, 5.41) is 2.97. The molecule has 0 saturated carbocycles. The fourth-order valence-electron chi connectivity index (χ4n) is 3.88. The van der Waals surface area contributed by atoms with E-state index in [9.17, 15) is 4.79 Å². The van der Waals surface area contributed by atoms with E-state index in [1.807, 2.05) is 38.1 Å². The van der Waals surface area contributed by atoms with Gasteiger partial charge in [-0.15, -0.1) is 0 Å². The second-order valence-electron chi connectivity index (χ2n) is 7.18. The van der Waals surface area contributed by atoms with E-state index in [0.717, 1.165) is 35.4 Å². The summed E-state index contributed by atoms with van der Waals surface area (Å²) >= 11 is 0. The van der Waals surface area contributed by atoms with Crippen LogP contribution >= 0.6 is 0 Å². The molecule has 140 valence electrons. The van der Waals surface area contributed by atoms with E-state index in [1.54, 1.807) is 0 Å². The number of aromatic nitrogens is 4. The molecule has 4 rings (SSSR count). The Morgan fingerprint density at radius 1 is 1.11 bits per heavy atom. The molecule has 0 fully saturated rings. The van der Waals surface area contributed by atoms with Crippen molar-refractivity contribution in [1.82, 2.24) is 24.8 Å². The molecule has 2 heterocycles. The minimum Gasteiger partial charge on any atom is -0.349 e. The largest absolute Gasteiger partial charge is 0.349 e. The molecule has 0 unspecified atom stereocenters. The number of nitrogens with one attached hydrogen (secondary N) is 1. The van der Waals surface area contributed by atoms with E-state index in [2.05, 4.69) is 24.8 Å². The Balaban J connectivity index is 1.37. The molecular weight excluding hydrogens is 338 g/mol. The molecular formula is C21H25N5O. The van der Waals surface area contributed by atoms with Crippen molar-refractivity contribution < 1.29 is 4.79 Å². The summed E-state index contributed by atoms with van der Waals surface area (Å²) in [7, 11) is 0.